The molecule has 1 aromatic rings. The van der Waals surface area contributed by atoms with Crippen molar-refractivity contribution in [1.29, 1.82) is 0 Å². The molecule has 2 aliphatic rings. The molecular weight excluding hydrogens is 348 g/mol. The van der Waals surface area contributed by atoms with Gasteiger partial charge in [0.1, 0.15) is 5.75 Å². The number of amides is 2. The van der Waals surface area contributed by atoms with E-state index in [1.165, 1.54) is 5.69 Å². The lowest BCUT2D eigenvalue weighted by atomic mass is 10.0. The number of carboxylic acid groups (broad SMARTS) is 1. The second-order valence-corrected chi connectivity index (χ2v) is 7.12. The van der Waals surface area contributed by atoms with E-state index in [1.807, 2.05) is 12.1 Å². The van der Waals surface area contributed by atoms with Crippen LogP contribution in [0.15, 0.2) is 24.3 Å². The van der Waals surface area contributed by atoms with Gasteiger partial charge in [-0.15, -0.1) is 0 Å². The van der Waals surface area contributed by atoms with Crippen molar-refractivity contribution in [2.45, 2.75) is 31.3 Å². The van der Waals surface area contributed by atoms with Crippen molar-refractivity contribution in [1.82, 2.24) is 15.5 Å². The molecule has 0 radical (unpaired) electrons. The Labute approximate surface area is 159 Å². The van der Waals surface area contributed by atoms with Gasteiger partial charge in [-0.1, -0.05) is 0 Å². The molecule has 148 valence electrons. The number of carbonyl (C=O) groups excluding carboxylic acids is 1. The van der Waals surface area contributed by atoms with Gasteiger partial charge in [-0.3, -0.25) is 9.69 Å². The molecule has 0 bridgehead atoms. The number of nitrogens with one attached hydrogen (secondary N) is 2. The van der Waals surface area contributed by atoms with E-state index in [1.54, 1.807) is 7.11 Å². The van der Waals surface area contributed by atoms with Crippen LogP contribution in [0.5, 0.6) is 5.75 Å². The molecule has 3 N–H and O–H groups in total. The number of hydrogen-bond acceptors (Lipinski definition) is 5. The van der Waals surface area contributed by atoms with Crippen LogP contribution in [0, 0.1) is 0 Å². The molecule has 0 aromatic heterocycles. The summed E-state index contributed by atoms with van der Waals surface area (Å²) in [6.07, 6.45) is 1.94. The molecule has 2 amide bonds. The highest BCUT2D eigenvalue weighted by Gasteiger charge is 2.31. The molecule has 2 fully saturated rings. The summed E-state index contributed by atoms with van der Waals surface area (Å²) in [5, 5.41) is 13.6. The zero-order valence-corrected chi connectivity index (χ0v) is 15.7. The summed E-state index contributed by atoms with van der Waals surface area (Å²) in [5.41, 5.74) is 1.23. The molecule has 1 atom stereocenters. The van der Waals surface area contributed by atoms with Gasteiger partial charge in [0.2, 0.25) is 5.91 Å². The first kappa shape index (κ1) is 19.3. The lowest BCUT2D eigenvalue weighted by Gasteiger charge is -2.38. The lowest BCUT2D eigenvalue weighted by Crippen LogP contribution is -2.46. The van der Waals surface area contributed by atoms with Crippen LogP contribution < -0.4 is 20.3 Å². The van der Waals surface area contributed by atoms with Crippen LogP contribution in [0.1, 0.15) is 19.3 Å². The minimum atomic E-state index is -1.18. The highest BCUT2D eigenvalue weighted by Crippen LogP contribution is 2.26. The topological polar surface area (TPSA) is 94.1 Å². The number of ether oxygens (including phenoxy) is 1. The fourth-order valence-corrected chi connectivity index (χ4v) is 3.95. The van der Waals surface area contributed by atoms with Crippen LogP contribution in [0.4, 0.5) is 10.5 Å². The van der Waals surface area contributed by atoms with Crippen molar-refractivity contribution in [3.63, 3.8) is 0 Å². The molecule has 27 heavy (non-hydrogen) atoms. The number of rotatable bonds is 6. The Hall–Kier alpha value is -2.48. The predicted octanol–water partition coefficient (Wildman–Crippen LogP) is 1.12. The third-order valence-corrected chi connectivity index (χ3v) is 5.40. The number of piperidine rings is 1. The minimum absolute atomic E-state index is 0.104. The van der Waals surface area contributed by atoms with E-state index in [-0.39, 0.29) is 18.5 Å². The molecule has 0 saturated carbocycles. The van der Waals surface area contributed by atoms with Gasteiger partial charge < -0.3 is 25.4 Å². The second-order valence-electron chi connectivity index (χ2n) is 7.12. The molecule has 2 aliphatic heterocycles. The molecule has 8 heteroatoms. The average Bonchev–Trinajstić information content (AvgIpc) is 3.15. The maximum atomic E-state index is 11.8. The number of likely N-dealkylation sites (tertiary alicyclic amines) is 1. The summed E-state index contributed by atoms with van der Waals surface area (Å²) < 4.78 is 5.22. The summed E-state index contributed by atoms with van der Waals surface area (Å²) in [4.78, 5) is 27.1. The van der Waals surface area contributed by atoms with E-state index >= 15 is 0 Å². The molecule has 1 aromatic carbocycles. The normalized spacial score (nSPS) is 21.1. The van der Waals surface area contributed by atoms with Crippen LogP contribution in [0.2, 0.25) is 0 Å². The van der Waals surface area contributed by atoms with Crippen LogP contribution in [0.3, 0.4) is 0 Å². The van der Waals surface area contributed by atoms with Gasteiger partial charge in [-0.05, 0) is 43.5 Å². The van der Waals surface area contributed by atoms with Gasteiger partial charge in [0.05, 0.1) is 13.7 Å². The highest BCUT2D eigenvalue weighted by atomic mass is 16.5. The fraction of sp³-hybridized carbons (Fsp3) is 0.579. The van der Waals surface area contributed by atoms with E-state index in [4.69, 9.17) is 9.84 Å². The summed E-state index contributed by atoms with van der Waals surface area (Å²) in [5.74, 6) is 0.607. The van der Waals surface area contributed by atoms with Crippen LogP contribution >= 0.6 is 0 Å². The standard InChI is InChI=1S/C19H28N4O4/c1-27-17-4-2-15(3-5-17)22-10-7-16(8-11-22)23-9-6-14(13-23)21-18(24)12-20-19(25)26/h2-5,14,16,20H,6-13H2,1H3,(H,21,24)(H,25,26)/t14-/m1/s1. The number of nitrogens with zero attached hydrogens (tertiary/aromatic N) is 2. The van der Waals surface area contributed by atoms with E-state index in [0.29, 0.717) is 6.04 Å². The van der Waals surface area contributed by atoms with Crippen LogP contribution in [-0.4, -0.2) is 73.9 Å². The SMILES string of the molecule is COc1ccc(N2CCC(N3CC[C@@H](NC(=O)CNC(=O)O)C3)CC2)cc1. The Bertz CT molecular complexity index is 644. The molecule has 2 heterocycles. The van der Waals surface area contributed by atoms with Gasteiger partial charge >= 0.3 is 6.09 Å². The van der Waals surface area contributed by atoms with Crippen LogP contribution in [0.25, 0.3) is 0 Å². The van der Waals surface area contributed by atoms with Gasteiger partial charge in [0.15, 0.2) is 0 Å². The summed E-state index contributed by atoms with van der Waals surface area (Å²) in [6, 6.07) is 8.84. The Kier molecular flexibility index (Phi) is 6.39. The van der Waals surface area contributed by atoms with Crippen molar-refractivity contribution >= 4 is 17.7 Å². The molecule has 8 nitrogen and oxygen atoms in total. The number of carbonyl (C=O) groups is 2. The van der Waals surface area contributed by atoms with Crippen molar-refractivity contribution in [2.75, 3.05) is 44.7 Å². The van der Waals surface area contributed by atoms with Gasteiger partial charge in [0.25, 0.3) is 0 Å². The largest absolute Gasteiger partial charge is 0.497 e. The Morgan fingerprint density at radius 2 is 1.85 bits per heavy atom. The number of benzene rings is 1. The van der Waals surface area contributed by atoms with E-state index in [0.717, 1.165) is 51.2 Å². The zero-order chi connectivity index (χ0) is 19.2. The van der Waals surface area contributed by atoms with Crippen molar-refractivity contribution in [3.05, 3.63) is 24.3 Å². The first-order valence-electron chi connectivity index (χ1n) is 9.44. The molecule has 0 spiro atoms. The molecule has 2 saturated heterocycles. The third kappa shape index (κ3) is 5.26. The smallest absolute Gasteiger partial charge is 0.405 e. The lowest BCUT2D eigenvalue weighted by molar-refractivity contribution is -0.120. The van der Waals surface area contributed by atoms with Gasteiger partial charge in [-0.25, -0.2) is 4.79 Å². The minimum Gasteiger partial charge on any atom is -0.497 e. The van der Waals surface area contributed by atoms with Gasteiger partial charge in [-0.2, -0.15) is 0 Å². The molecular formula is C19H28N4O4. The number of methoxy groups -OCH3 is 1. The molecule has 0 aliphatic carbocycles. The fourth-order valence-electron chi connectivity index (χ4n) is 3.95. The molecule has 3 rings (SSSR count). The Morgan fingerprint density at radius 1 is 1.15 bits per heavy atom. The Morgan fingerprint density at radius 3 is 2.48 bits per heavy atom. The predicted molar refractivity (Wildman–Crippen MR) is 102 cm³/mol. The summed E-state index contributed by atoms with van der Waals surface area (Å²) in [7, 11) is 1.68. The van der Waals surface area contributed by atoms with E-state index < -0.39 is 6.09 Å². The quantitative estimate of drug-likeness (QED) is 0.689. The summed E-state index contributed by atoms with van der Waals surface area (Å²) >= 11 is 0. The summed E-state index contributed by atoms with van der Waals surface area (Å²) in [6.45, 7) is 3.67. The maximum absolute atomic E-state index is 11.8. The Balaban J connectivity index is 1.42. The number of hydrogen-bond donors (Lipinski definition) is 3. The maximum Gasteiger partial charge on any atom is 0.405 e. The first-order valence-corrected chi connectivity index (χ1v) is 9.44. The van der Waals surface area contributed by atoms with Crippen molar-refractivity contribution in [3.8, 4) is 5.75 Å². The van der Waals surface area contributed by atoms with Crippen LogP contribution in [-0.2, 0) is 4.79 Å². The zero-order valence-electron chi connectivity index (χ0n) is 15.7. The molecule has 0 unspecified atom stereocenters. The van der Waals surface area contributed by atoms with E-state index in [9.17, 15) is 9.59 Å². The second kappa shape index (κ2) is 8.94. The van der Waals surface area contributed by atoms with Crippen molar-refractivity contribution in [2.24, 2.45) is 0 Å². The third-order valence-electron chi connectivity index (χ3n) is 5.40. The average molecular weight is 376 g/mol. The number of anilines is 1. The first-order chi connectivity index (χ1) is 13.0. The van der Waals surface area contributed by atoms with E-state index in [2.05, 4.69) is 32.6 Å². The highest BCUT2D eigenvalue weighted by molar-refractivity contribution is 5.81. The van der Waals surface area contributed by atoms with Crippen molar-refractivity contribution < 1.29 is 19.4 Å². The monoisotopic (exact) mass is 376 g/mol. The van der Waals surface area contributed by atoms with Gasteiger partial charge in [0, 0.05) is 44.0 Å².